The first kappa shape index (κ1) is 4.89. The SMILES string of the molecule is c1cc2cnnc-2op1. The lowest BCUT2D eigenvalue weighted by molar-refractivity contribution is 0.674. The minimum Gasteiger partial charge on any atom is -0.418 e. The molecule has 0 saturated heterocycles. The van der Waals surface area contributed by atoms with Gasteiger partial charge in [0.1, 0.15) is 8.43 Å². The summed E-state index contributed by atoms with van der Waals surface area (Å²) in [7, 11) is 0.831. The van der Waals surface area contributed by atoms with Gasteiger partial charge in [0.05, 0.1) is 11.8 Å². The molecule has 0 aliphatic carbocycles. The van der Waals surface area contributed by atoms with Crippen molar-refractivity contribution in [3.8, 4) is 11.5 Å². The summed E-state index contributed by atoms with van der Waals surface area (Å²) in [6.07, 6.45) is 1.68. The highest BCUT2D eigenvalue weighted by Gasteiger charge is 2.03. The second-order valence-electron chi connectivity index (χ2n) is 1.62. The van der Waals surface area contributed by atoms with Gasteiger partial charge in [-0.25, -0.2) is 0 Å². The Hall–Kier alpha value is -0.950. The molecule has 0 atom stereocenters. The average Bonchev–Trinajstić information content (AvgIpc) is 2.33. The fourth-order valence-corrected chi connectivity index (χ4v) is 1.16. The van der Waals surface area contributed by atoms with E-state index < -0.39 is 0 Å². The molecule has 0 saturated carbocycles. The first-order chi connectivity index (χ1) is 4.47. The van der Waals surface area contributed by atoms with Gasteiger partial charge in [-0.05, 0) is 6.07 Å². The van der Waals surface area contributed by atoms with E-state index in [1.54, 1.807) is 6.20 Å². The topological polar surface area (TPSA) is 38.9 Å². The number of rotatable bonds is 0. The molecule has 0 aromatic carbocycles. The zero-order valence-corrected chi connectivity index (χ0v) is 5.38. The fourth-order valence-electron chi connectivity index (χ4n) is 0.633. The van der Waals surface area contributed by atoms with E-state index in [2.05, 4.69) is 10.2 Å². The molecule has 0 N–H and O–H groups in total. The molecular weight excluding hydrogens is 135 g/mol. The number of fused-ring (bicyclic) bond motifs is 1. The highest BCUT2D eigenvalue weighted by molar-refractivity contribution is 7.22. The van der Waals surface area contributed by atoms with Gasteiger partial charge in [0, 0.05) is 5.80 Å². The summed E-state index contributed by atoms with van der Waals surface area (Å²) in [5.41, 5.74) is 0.966. The molecule has 0 aromatic rings. The van der Waals surface area contributed by atoms with E-state index in [-0.39, 0.29) is 0 Å². The van der Waals surface area contributed by atoms with Crippen LogP contribution in [0.3, 0.4) is 0 Å². The average molecular weight is 138 g/mol. The molecule has 0 unspecified atom stereocenters. The van der Waals surface area contributed by atoms with Crippen LogP contribution >= 0.6 is 8.43 Å². The van der Waals surface area contributed by atoms with E-state index in [0.717, 1.165) is 14.0 Å². The van der Waals surface area contributed by atoms with E-state index in [4.69, 9.17) is 4.20 Å². The Morgan fingerprint density at radius 1 is 1.56 bits per heavy atom. The maximum absolute atomic E-state index is 5.08. The summed E-state index contributed by atoms with van der Waals surface area (Å²) in [5.74, 6) is 2.55. The van der Waals surface area contributed by atoms with Crippen LogP contribution in [0, 0.1) is 0 Å². The Morgan fingerprint density at radius 2 is 2.56 bits per heavy atom. The molecule has 0 aromatic heterocycles. The van der Waals surface area contributed by atoms with E-state index in [1.165, 1.54) is 0 Å². The zero-order valence-electron chi connectivity index (χ0n) is 4.48. The molecule has 0 spiro atoms. The van der Waals surface area contributed by atoms with Crippen LogP contribution in [-0.4, -0.2) is 10.2 Å². The minimum absolute atomic E-state index is 0.638. The van der Waals surface area contributed by atoms with Crippen molar-refractivity contribution in [2.45, 2.75) is 0 Å². The van der Waals surface area contributed by atoms with Gasteiger partial charge in [0.25, 0.3) is 5.89 Å². The van der Waals surface area contributed by atoms with Crippen LogP contribution in [0.5, 0.6) is 0 Å². The summed E-state index contributed by atoms with van der Waals surface area (Å²) >= 11 is 0. The smallest absolute Gasteiger partial charge is 0.251 e. The fraction of sp³-hybridized carbons (Fsp3) is 0. The molecular formula is C5H3N2OP. The zero-order chi connectivity index (χ0) is 6.10. The Balaban J connectivity index is 2.79. The van der Waals surface area contributed by atoms with Gasteiger partial charge in [-0.2, -0.15) is 5.10 Å². The lowest BCUT2D eigenvalue weighted by Crippen LogP contribution is -1.68. The summed E-state index contributed by atoms with van der Waals surface area (Å²) in [6, 6.07) is 1.94. The molecule has 9 heavy (non-hydrogen) atoms. The largest absolute Gasteiger partial charge is 0.418 e. The first-order valence-corrected chi connectivity index (χ1v) is 3.37. The summed E-state index contributed by atoms with van der Waals surface area (Å²) < 4.78 is 5.08. The molecule has 2 rings (SSSR count). The number of hydrogen-bond acceptors (Lipinski definition) is 3. The Labute approximate surface area is 53.3 Å². The maximum atomic E-state index is 5.08. The summed E-state index contributed by atoms with van der Waals surface area (Å²) in [5, 5.41) is 7.40. The predicted molar refractivity (Wildman–Crippen MR) is 33.4 cm³/mol. The maximum Gasteiger partial charge on any atom is 0.251 e. The molecule has 0 radical (unpaired) electrons. The van der Waals surface area contributed by atoms with Crippen molar-refractivity contribution in [2.24, 2.45) is 0 Å². The van der Waals surface area contributed by atoms with Crippen LogP contribution < -0.4 is 0 Å². The van der Waals surface area contributed by atoms with Crippen LogP contribution in [0.4, 0.5) is 0 Å². The lowest BCUT2D eigenvalue weighted by Gasteiger charge is -1.86. The monoisotopic (exact) mass is 138 g/mol. The highest BCUT2D eigenvalue weighted by atomic mass is 31.1. The summed E-state index contributed by atoms with van der Waals surface area (Å²) in [6.45, 7) is 0. The van der Waals surface area contributed by atoms with E-state index in [1.807, 2.05) is 11.9 Å². The lowest BCUT2D eigenvalue weighted by atomic mass is 10.3. The third-order valence-electron chi connectivity index (χ3n) is 1.05. The van der Waals surface area contributed by atoms with Crippen molar-refractivity contribution in [1.82, 2.24) is 10.2 Å². The molecule has 0 amide bonds. The van der Waals surface area contributed by atoms with Gasteiger partial charge in [-0.3, -0.25) is 0 Å². The molecule has 2 heterocycles. The van der Waals surface area contributed by atoms with Gasteiger partial charge in [0.2, 0.25) is 0 Å². The van der Waals surface area contributed by atoms with Crippen LogP contribution in [-0.2, 0) is 0 Å². The van der Waals surface area contributed by atoms with Crippen LogP contribution in [0.15, 0.2) is 22.3 Å². The number of hydrogen-bond donors (Lipinski definition) is 0. The Kier molecular flexibility index (Phi) is 0.965. The van der Waals surface area contributed by atoms with Crippen LogP contribution in [0.1, 0.15) is 0 Å². The van der Waals surface area contributed by atoms with Crippen LogP contribution in [0.2, 0.25) is 0 Å². The van der Waals surface area contributed by atoms with Gasteiger partial charge in [0.15, 0.2) is 0 Å². The minimum atomic E-state index is 0.638. The predicted octanol–water partition coefficient (Wildman–Crippen LogP) is 1.75. The molecule has 2 aliphatic rings. The third kappa shape index (κ3) is 0.698. The van der Waals surface area contributed by atoms with E-state index >= 15 is 0 Å². The van der Waals surface area contributed by atoms with Crippen molar-refractivity contribution in [2.75, 3.05) is 0 Å². The molecule has 0 fully saturated rings. The molecule has 44 valence electrons. The van der Waals surface area contributed by atoms with Gasteiger partial charge in [-0.15, -0.1) is 5.10 Å². The Bertz CT molecular complexity index is 255. The normalized spacial score (nSPS) is 11.1. The van der Waals surface area contributed by atoms with Crippen molar-refractivity contribution < 1.29 is 4.20 Å². The number of nitrogens with zero attached hydrogens (tertiary/aromatic N) is 2. The first-order valence-electron chi connectivity index (χ1n) is 2.49. The molecule has 2 aliphatic heterocycles. The standard InChI is InChI=1S/C5H3N2OP/c1-2-9-8-5-4(1)3-6-7-5/h1-3H. The second-order valence-corrected chi connectivity index (χ2v) is 2.31. The quantitative estimate of drug-likeness (QED) is 0.556. The van der Waals surface area contributed by atoms with E-state index in [9.17, 15) is 0 Å². The van der Waals surface area contributed by atoms with Gasteiger partial charge in [-0.1, -0.05) is 0 Å². The van der Waals surface area contributed by atoms with Crippen molar-refractivity contribution >= 4 is 8.43 Å². The number of aromatic nitrogens is 2. The van der Waals surface area contributed by atoms with Gasteiger partial charge >= 0.3 is 0 Å². The molecule has 3 nitrogen and oxygen atoms in total. The third-order valence-corrected chi connectivity index (χ3v) is 1.60. The molecule has 0 bridgehead atoms. The van der Waals surface area contributed by atoms with E-state index in [0.29, 0.717) is 5.89 Å². The highest BCUT2D eigenvalue weighted by Crippen LogP contribution is 2.20. The Morgan fingerprint density at radius 3 is 3.44 bits per heavy atom. The summed E-state index contributed by atoms with van der Waals surface area (Å²) in [4.78, 5) is 0. The molecule has 4 heteroatoms. The van der Waals surface area contributed by atoms with Crippen LogP contribution in [0.25, 0.3) is 11.5 Å². The van der Waals surface area contributed by atoms with Crippen molar-refractivity contribution in [3.05, 3.63) is 18.1 Å². The second kappa shape index (κ2) is 1.78. The van der Waals surface area contributed by atoms with Crippen molar-refractivity contribution in [1.29, 1.82) is 0 Å². The van der Waals surface area contributed by atoms with Gasteiger partial charge < -0.3 is 4.20 Å². The van der Waals surface area contributed by atoms with Crippen molar-refractivity contribution in [3.63, 3.8) is 0 Å².